The average Bonchev–Trinajstić information content (AvgIpc) is 2.78. The number of rotatable bonds is 6. The topological polar surface area (TPSA) is 47.1 Å². The largest absolute Gasteiger partial charge is 0.326 e. The predicted octanol–water partition coefficient (Wildman–Crippen LogP) is 2.56. The molecule has 0 saturated carbocycles. The van der Waals surface area contributed by atoms with Crippen LogP contribution in [0.2, 0.25) is 0 Å². The van der Waals surface area contributed by atoms with E-state index >= 15 is 0 Å². The molecule has 0 aliphatic heterocycles. The van der Waals surface area contributed by atoms with Gasteiger partial charge in [-0.25, -0.2) is 0 Å². The first-order valence-corrected chi connectivity index (χ1v) is 7.79. The Kier molecular flexibility index (Phi) is 4.69. The Hall–Kier alpha value is -1.39. The average molecular weight is 288 g/mol. The maximum absolute atomic E-state index is 6.62. The van der Waals surface area contributed by atoms with Gasteiger partial charge in [0.2, 0.25) is 0 Å². The van der Waals surface area contributed by atoms with Crippen LogP contribution in [0.15, 0.2) is 24.3 Å². The second-order valence-corrected chi connectivity index (χ2v) is 6.10. The van der Waals surface area contributed by atoms with Crippen LogP contribution < -0.4 is 5.73 Å². The third-order valence-corrected chi connectivity index (χ3v) is 5.05. The monoisotopic (exact) mass is 288 g/mol. The van der Waals surface area contributed by atoms with Crippen LogP contribution in [0.25, 0.3) is 10.9 Å². The van der Waals surface area contributed by atoms with Crippen molar-refractivity contribution in [3.63, 3.8) is 0 Å². The van der Waals surface area contributed by atoms with Gasteiger partial charge in [0.15, 0.2) is 0 Å². The molecule has 116 valence electrons. The van der Waals surface area contributed by atoms with Gasteiger partial charge in [-0.15, -0.1) is 0 Å². The lowest BCUT2D eigenvalue weighted by atomic mass is 9.81. The number of para-hydroxylation sites is 1. The van der Waals surface area contributed by atoms with E-state index in [4.69, 9.17) is 5.73 Å². The van der Waals surface area contributed by atoms with E-state index in [0.717, 1.165) is 25.0 Å². The van der Waals surface area contributed by atoms with Crippen molar-refractivity contribution < 1.29 is 0 Å². The van der Waals surface area contributed by atoms with Gasteiger partial charge >= 0.3 is 0 Å². The van der Waals surface area contributed by atoms with Crippen LogP contribution in [0.5, 0.6) is 0 Å². The molecule has 1 unspecified atom stereocenters. The molecule has 0 bridgehead atoms. The highest BCUT2D eigenvalue weighted by Gasteiger charge is 2.36. The van der Waals surface area contributed by atoms with Gasteiger partial charge in [0, 0.05) is 30.4 Å². The number of aromatic nitrogens is 2. The van der Waals surface area contributed by atoms with Crippen molar-refractivity contribution in [2.24, 2.45) is 12.8 Å². The van der Waals surface area contributed by atoms with Gasteiger partial charge in [0.05, 0.1) is 11.2 Å². The van der Waals surface area contributed by atoms with Crippen molar-refractivity contribution in [1.29, 1.82) is 0 Å². The molecule has 2 N–H and O–H groups in total. The van der Waals surface area contributed by atoms with Gasteiger partial charge in [-0.2, -0.15) is 5.10 Å². The molecule has 1 atom stereocenters. The Labute approximate surface area is 127 Å². The number of hydrogen-bond donors (Lipinski definition) is 1. The summed E-state index contributed by atoms with van der Waals surface area (Å²) in [5.74, 6) is 0. The lowest BCUT2D eigenvalue weighted by molar-refractivity contribution is 0.105. The Bertz CT molecular complexity index is 596. The van der Waals surface area contributed by atoms with Gasteiger partial charge in [-0.3, -0.25) is 4.68 Å². The fraction of sp³-hybridized carbons (Fsp3) is 0.588. The molecule has 21 heavy (non-hydrogen) atoms. The summed E-state index contributed by atoms with van der Waals surface area (Å²) in [6, 6.07) is 8.43. The van der Waals surface area contributed by atoms with Crippen molar-refractivity contribution >= 4 is 10.9 Å². The van der Waals surface area contributed by atoms with Crippen molar-refractivity contribution in [1.82, 2.24) is 14.7 Å². The lowest BCUT2D eigenvalue weighted by Gasteiger charge is -2.43. The zero-order valence-electron chi connectivity index (χ0n) is 13.9. The molecule has 0 saturated heterocycles. The molecule has 1 heterocycles. The summed E-state index contributed by atoms with van der Waals surface area (Å²) in [4.78, 5) is 2.28. The summed E-state index contributed by atoms with van der Waals surface area (Å²) in [6.45, 7) is 4.44. The molecule has 0 radical (unpaired) electrons. The van der Waals surface area contributed by atoms with Crippen molar-refractivity contribution in [2.75, 3.05) is 14.1 Å². The minimum absolute atomic E-state index is 0.0264. The number of aryl methyl sites for hydroxylation is 1. The minimum atomic E-state index is 0.0264. The van der Waals surface area contributed by atoms with E-state index in [9.17, 15) is 0 Å². The molecule has 2 rings (SSSR count). The Morgan fingerprint density at radius 3 is 2.43 bits per heavy atom. The third kappa shape index (κ3) is 2.70. The van der Waals surface area contributed by atoms with Crippen LogP contribution in [0.4, 0.5) is 0 Å². The van der Waals surface area contributed by atoms with E-state index in [2.05, 4.69) is 62.2 Å². The van der Waals surface area contributed by atoms with Gasteiger partial charge in [-0.1, -0.05) is 32.0 Å². The smallest absolute Gasteiger partial charge is 0.0719 e. The molecule has 0 amide bonds. The van der Waals surface area contributed by atoms with Gasteiger partial charge in [-0.05, 0) is 33.0 Å². The van der Waals surface area contributed by atoms with Gasteiger partial charge in [0.1, 0.15) is 0 Å². The van der Waals surface area contributed by atoms with Gasteiger partial charge < -0.3 is 10.6 Å². The maximum atomic E-state index is 6.62. The van der Waals surface area contributed by atoms with E-state index in [1.54, 1.807) is 0 Å². The van der Waals surface area contributed by atoms with E-state index in [0.29, 0.717) is 0 Å². The number of nitrogens with two attached hydrogens (primary N) is 1. The number of nitrogens with zero attached hydrogens (tertiary/aromatic N) is 3. The van der Waals surface area contributed by atoms with Crippen LogP contribution in [-0.2, 0) is 13.5 Å². The van der Waals surface area contributed by atoms with Crippen LogP contribution in [0.3, 0.4) is 0 Å². The highest BCUT2D eigenvalue weighted by Crippen LogP contribution is 2.28. The molecule has 2 aromatic rings. The quantitative estimate of drug-likeness (QED) is 0.888. The number of benzene rings is 1. The minimum Gasteiger partial charge on any atom is -0.326 e. The van der Waals surface area contributed by atoms with Crippen molar-refractivity contribution in [3.05, 3.63) is 30.0 Å². The van der Waals surface area contributed by atoms with Crippen LogP contribution in [0.1, 0.15) is 32.4 Å². The molecule has 4 nitrogen and oxygen atoms in total. The van der Waals surface area contributed by atoms with Crippen molar-refractivity contribution in [3.8, 4) is 0 Å². The molecule has 1 aromatic carbocycles. The zero-order valence-corrected chi connectivity index (χ0v) is 13.9. The lowest BCUT2D eigenvalue weighted by Crippen LogP contribution is -2.57. The van der Waals surface area contributed by atoms with E-state index in [-0.39, 0.29) is 11.6 Å². The summed E-state index contributed by atoms with van der Waals surface area (Å²) in [7, 11) is 6.25. The molecule has 0 aliphatic carbocycles. The molecule has 0 aliphatic rings. The summed E-state index contributed by atoms with van der Waals surface area (Å²) < 4.78 is 1.95. The Balaban J connectivity index is 2.35. The Morgan fingerprint density at radius 1 is 1.24 bits per heavy atom. The molecule has 1 aromatic heterocycles. The maximum Gasteiger partial charge on any atom is 0.0719 e. The third-order valence-electron chi connectivity index (χ3n) is 5.05. The fourth-order valence-corrected chi connectivity index (χ4v) is 3.58. The number of likely N-dealkylation sites (N-methyl/N-ethyl adjacent to an activating group) is 1. The highest BCUT2D eigenvalue weighted by atomic mass is 15.3. The second-order valence-electron chi connectivity index (χ2n) is 6.10. The van der Waals surface area contributed by atoms with Crippen LogP contribution >= 0.6 is 0 Å². The van der Waals surface area contributed by atoms with E-state index < -0.39 is 0 Å². The summed E-state index contributed by atoms with van der Waals surface area (Å²) in [5.41, 5.74) is 8.92. The molecule has 0 spiro atoms. The molecule has 0 fully saturated rings. The molecular weight excluding hydrogens is 260 g/mol. The fourth-order valence-electron chi connectivity index (χ4n) is 3.58. The van der Waals surface area contributed by atoms with E-state index in [1.807, 2.05) is 11.7 Å². The molecule has 4 heteroatoms. The van der Waals surface area contributed by atoms with Crippen LogP contribution in [0, 0.1) is 0 Å². The SMILES string of the molecule is CCC(CC)(C(N)Cc1nn(C)c2ccccc12)N(C)C. The molecular formula is C17H28N4. The standard InChI is InChI=1S/C17H28N4/c1-6-17(7-2,20(3)4)16(18)12-14-13-10-8-9-11-15(13)21(5)19-14/h8-11,16H,6-7,12,18H2,1-5H3. The predicted molar refractivity (Wildman–Crippen MR) is 89.4 cm³/mol. The number of hydrogen-bond acceptors (Lipinski definition) is 3. The first-order chi connectivity index (χ1) is 9.96. The van der Waals surface area contributed by atoms with Crippen molar-refractivity contribution in [2.45, 2.75) is 44.7 Å². The van der Waals surface area contributed by atoms with Gasteiger partial charge in [0.25, 0.3) is 0 Å². The first-order valence-electron chi connectivity index (χ1n) is 7.79. The summed E-state index contributed by atoms with van der Waals surface area (Å²) >= 11 is 0. The summed E-state index contributed by atoms with van der Waals surface area (Å²) in [5, 5.41) is 5.91. The first kappa shape index (κ1) is 16.0. The van der Waals surface area contributed by atoms with E-state index in [1.165, 1.54) is 10.9 Å². The Morgan fingerprint density at radius 2 is 1.86 bits per heavy atom. The zero-order chi connectivity index (χ0) is 15.6. The highest BCUT2D eigenvalue weighted by molar-refractivity contribution is 5.81. The second kappa shape index (κ2) is 6.16. The van der Waals surface area contributed by atoms with Crippen LogP contribution in [-0.4, -0.2) is 40.4 Å². The number of fused-ring (bicyclic) bond motifs is 1. The normalized spacial score (nSPS) is 14.0. The summed E-state index contributed by atoms with van der Waals surface area (Å²) in [6.07, 6.45) is 2.89.